The minimum Gasteiger partial charge on any atom is -1.00 e. The third-order valence-electron chi connectivity index (χ3n) is 0.451. The number of carboxylic acid groups (broad SMARTS) is 1. The molecule has 0 bridgehead atoms. The third kappa shape index (κ3) is 13.0. The third-order valence-corrected chi connectivity index (χ3v) is 1.06. The van der Waals surface area contributed by atoms with Gasteiger partial charge in [0.2, 0.25) is 0 Å². The summed E-state index contributed by atoms with van der Waals surface area (Å²) in [5.41, 5.74) is 5.19. The van der Waals surface area contributed by atoms with Crippen LogP contribution in [0.15, 0.2) is 11.6 Å². The summed E-state index contributed by atoms with van der Waals surface area (Å²) >= 11 is 1.44. The number of thiazole rings is 1. The fourth-order valence-corrected chi connectivity index (χ4v) is 0.617. The Morgan fingerprint density at radius 2 is 2.36 bits per heavy atom. The van der Waals surface area contributed by atoms with Crippen molar-refractivity contribution in [3.63, 3.8) is 0 Å². The van der Waals surface area contributed by atoms with Crippen molar-refractivity contribution < 1.29 is 40.9 Å². The summed E-state index contributed by atoms with van der Waals surface area (Å²) in [5.74, 6) is -0.833. The van der Waals surface area contributed by atoms with E-state index in [9.17, 15) is 0 Å². The van der Waals surface area contributed by atoms with Crippen molar-refractivity contribution in [2.24, 2.45) is 0 Å². The number of aromatic nitrogens is 1. The first-order chi connectivity index (χ1) is 4.63. The molecular formula is C5H9N2NaO2S. The first-order valence-corrected chi connectivity index (χ1v) is 3.35. The van der Waals surface area contributed by atoms with Gasteiger partial charge in [-0.05, 0) is 0 Å². The van der Waals surface area contributed by atoms with Gasteiger partial charge in [-0.15, -0.1) is 11.3 Å². The second-order valence-corrected chi connectivity index (χ2v) is 2.32. The number of carboxylic acids is 1. The van der Waals surface area contributed by atoms with Crippen LogP contribution in [0.3, 0.4) is 0 Å². The van der Waals surface area contributed by atoms with Crippen LogP contribution in [-0.4, -0.2) is 16.1 Å². The van der Waals surface area contributed by atoms with Gasteiger partial charge in [0.05, 0.1) is 0 Å². The Balaban J connectivity index is -0.000000124. The van der Waals surface area contributed by atoms with E-state index < -0.39 is 5.97 Å². The van der Waals surface area contributed by atoms with Crippen molar-refractivity contribution in [3.05, 3.63) is 11.6 Å². The van der Waals surface area contributed by atoms with Crippen LogP contribution in [0, 0.1) is 0 Å². The molecule has 3 N–H and O–H groups in total. The van der Waals surface area contributed by atoms with Crippen molar-refractivity contribution in [3.8, 4) is 0 Å². The Morgan fingerprint density at radius 3 is 2.45 bits per heavy atom. The molecule has 0 saturated carbocycles. The van der Waals surface area contributed by atoms with Crippen LogP contribution in [0.4, 0.5) is 5.13 Å². The van der Waals surface area contributed by atoms with E-state index in [2.05, 4.69) is 4.98 Å². The topological polar surface area (TPSA) is 76.2 Å². The van der Waals surface area contributed by atoms with Crippen molar-refractivity contribution in [1.82, 2.24) is 4.98 Å². The Labute approximate surface area is 92.2 Å². The summed E-state index contributed by atoms with van der Waals surface area (Å²) in [4.78, 5) is 12.7. The molecule has 0 aromatic carbocycles. The maximum absolute atomic E-state index is 9.00. The number of hydrogen-bond donors (Lipinski definition) is 2. The number of nitrogen functional groups attached to an aromatic ring is 1. The van der Waals surface area contributed by atoms with Gasteiger partial charge in [0, 0.05) is 18.5 Å². The summed E-state index contributed by atoms with van der Waals surface area (Å²) in [6.07, 6.45) is 1.68. The van der Waals surface area contributed by atoms with E-state index in [0.29, 0.717) is 5.13 Å². The van der Waals surface area contributed by atoms with Gasteiger partial charge in [-0.3, -0.25) is 4.79 Å². The molecule has 0 saturated heterocycles. The van der Waals surface area contributed by atoms with Gasteiger partial charge in [-0.25, -0.2) is 4.98 Å². The summed E-state index contributed by atoms with van der Waals surface area (Å²) in [6, 6.07) is 0. The van der Waals surface area contributed by atoms with Gasteiger partial charge in [0.1, 0.15) is 0 Å². The van der Waals surface area contributed by atoms with Gasteiger partial charge < -0.3 is 12.3 Å². The molecule has 0 fully saturated rings. The number of nitrogens with zero attached hydrogens (tertiary/aromatic N) is 1. The van der Waals surface area contributed by atoms with Crippen molar-refractivity contribution >= 4 is 22.4 Å². The summed E-state index contributed by atoms with van der Waals surface area (Å²) in [5, 5.41) is 9.89. The van der Waals surface area contributed by atoms with Crippen LogP contribution < -0.4 is 35.3 Å². The summed E-state index contributed by atoms with van der Waals surface area (Å²) in [6.45, 7) is 1.08. The minimum atomic E-state index is -0.833. The average Bonchev–Trinajstić information content (AvgIpc) is 2.15. The molecule has 1 rings (SSSR count). The molecule has 0 aliphatic carbocycles. The Bertz CT molecular complexity index is 191. The zero-order valence-corrected chi connectivity index (χ0v) is 9.26. The molecule has 0 aliphatic heterocycles. The van der Waals surface area contributed by atoms with Crippen LogP contribution in [0.2, 0.25) is 0 Å². The molecule has 0 amide bonds. The van der Waals surface area contributed by atoms with Crippen LogP contribution in [0.5, 0.6) is 0 Å². The monoisotopic (exact) mass is 184 g/mol. The quantitative estimate of drug-likeness (QED) is 0.454. The second-order valence-electron chi connectivity index (χ2n) is 1.39. The number of aliphatic carboxylic acids is 1. The van der Waals surface area contributed by atoms with E-state index in [1.165, 1.54) is 11.3 Å². The normalized spacial score (nSPS) is 7.00. The van der Waals surface area contributed by atoms with E-state index in [1.54, 1.807) is 6.20 Å². The van der Waals surface area contributed by atoms with E-state index >= 15 is 0 Å². The molecule has 0 spiro atoms. The predicted octanol–water partition coefficient (Wildman–Crippen LogP) is -2.07. The van der Waals surface area contributed by atoms with Gasteiger partial charge in [0.25, 0.3) is 5.97 Å². The minimum absolute atomic E-state index is 0. The van der Waals surface area contributed by atoms with Crippen molar-refractivity contribution in [2.45, 2.75) is 6.92 Å². The zero-order chi connectivity index (χ0) is 7.98. The molecule has 0 unspecified atom stereocenters. The smallest absolute Gasteiger partial charge is 1.00 e. The molecule has 0 atom stereocenters. The van der Waals surface area contributed by atoms with E-state index in [-0.39, 0.29) is 31.0 Å². The van der Waals surface area contributed by atoms with Crippen LogP contribution >= 0.6 is 11.3 Å². The predicted molar refractivity (Wildman–Crippen MR) is 40.9 cm³/mol. The largest absolute Gasteiger partial charge is 1.00 e. The Hall–Kier alpha value is -0.1000. The van der Waals surface area contributed by atoms with Crippen molar-refractivity contribution in [1.29, 1.82) is 0 Å². The summed E-state index contributed by atoms with van der Waals surface area (Å²) < 4.78 is 0. The second kappa shape index (κ2) is 8.00. The number of hydrogen-bond acceptors (Lipinski definition) is 4. The van der Waals surface area contributed by atoms with Gasteiger partial charge in [-0.1, -0.05) is 0 Å². The SMILES string of the molecule is CC(=O)O.Nc1nccs1.[H-].[Na+]. The van der Waals surface area contributed by atoms with Gasteiger partial charge in [0.15, 0.2) is 5.13 Å². The van der Waals surface area contributed by atoms with Crippen LogP contribution in [-0.2, 0) is 4.79 Å². The fourth-order valence-electron chi connectivity index (χ4n) is 0.234. The molecule has 11 heavy (non-hydrogen) atoms. The number of carbonyl (C=O) groups is 1. The van der Waals surface area contributed by atoms with E-state index in [1.807, 2.05) is 5.38 Å². The zero-order valence-electron chi connectivity index (χ0n) is 7.44. The number of rotatable bonds is 0. The maximum Gasteiger partial charge on any atom is 1.00 e. The molecule has 1 aromatic rings. The van der Waals surface area contributed by atoms with Gasteiger partial charge in [-0.2, -0.15) is 0 Å². The maximum atomic E-state index is 9.00. The van der Waals surface area contributed by atoms with E-state index in [4.69, 9.17) is 15.6 Å². The number of nitrogens with two attached hydrogens (primary N) is 1. The Morgan fingerprint density at radius 1 is 1.91 bits per heavy atom. The molecule has 1 aromatic heterocycles. The van der Waals surface area contributed by atoms with Crippen LogP contribution in [0.25, 0.3) is 0 Å². The van der Waals surface area contributed by atoms with Crippen LogP contribution in [0.1, 0.15) is 8.35 Å². The first-order valence-electron chi connectivity index (χ1n) is 2.47. The first kappa shape index (κ1) is 13.5. The van der Waals surface area contributed by atoms with E-state index in [0.717, 1.165) is 6.92 Å². The van der Waals surface area contributed by atoms with Gasteiger partial charge >= 0.3 is 29.6 Å². The molecular weight excluding hydrogens is 175 g/mol. The number of anilines is 1. The molecule has 58 valence electrons. The Kier molecular flexibility index (Phi) is 9.81. The summed E-state index contributed by atoms with van der Waals surface area (Å²) in [7, 11) is 0. The molecule has 0 radical (unpaired) electrons. The molecule has 1 heterocycles. The molecule has 4 nitrogen and oxygen atoms in total. The van der Waals surface area contributed by atoms with Crippen molar-refractivity contribution in [2.75, 3.05) is 5.73 Å². The molecule has 0 aliphatic rings. The average molecular weight is 184 g/mol. The fraction of sp³-hybridized carbons (Fsp3) is 0.200. The standard InChI is InChI=1S/C3H4N2S.C2H4O2.Na.H/c4-3-5-1-2-6-3;1-2(3)4;;/h1-2H,(H2,4,5);1H3,(H,3,4);;/q;;+1;-1. The molecule has 6 heteroatoms.